The van der Waals surface area contributed by atoms with Crippen LogP contribution in [0.15, 0.2) is 12.1 Å². The van der Waals surface area contributed by atoms with Crippen molar-refractivity contribution in [1.29, 1.82) is 0 Å². The van der Waals surface area contributed by atoms with Crippen molar-refractivity contribution in [3.8, 4) is 11.5 Å². The second kappa shape index (κ2) is 3.55. The minimum absolute atomic E-state index is 0.0194. The summed E-state index contributed by atoms with van der Waals surface area (Å²) in [7, 11) is 1.74. The van der Waals surface area contributed by atoms with Gasteiger partial charge in [-0.25, -0.2) is 0 Å². The Labute approximate surface area is 87.6 Å². The van der Waals surface area contributed by atoms with E-state index in [9.17, 15) is 15.0 Å². The van der Waals surface area contributed by atoms with E-state index in [1.165, 1.54) is 6.07 Å². The number of carbonyl (C=O) groups is 1. The van der Waals surface area contributed by atoms with E-state index in [1.54, 1.807) is 13.1 Å². The van der Waals surface area contributed by atoms with Crippen molar-refractivity contribution in [3.63, 3.8) is 0 Å². The van der Waals surface area contributed by atoms with Gasteiger partial charge >= 0.3 is 0 Å². The lowest BCUT2D eigenvalue weighted by Crippen LogP contribution is -2.37. The molecule has 2 rings (SSSR count). The third-order valence-corrected chi connectivity index (χ3v) is 2.87. The van der Waals surface area contributed by atoms with E-state index in [4.69, 9.17) is 0 Å². The summed E-state index contributed by atoms with van der Waals surface area (Å²) in [6, 6.07) is 2.74. The molecule has 0 amide bonds. The number of benzene rings is 1. The molecule has 0 heterocycles. The number of ketones is 1. The largest absolute Gasteiger partial charge is 0.504 e. The van der Waals surface area contributed by atoms with Crippen molar-refractivity contribution in [1.82, 2.24) is 5.32 Å². The summed E-state index contributed by atoms with van der Waals surface area (Å²) in [5, 5.41) is 21.8. The Bertz CT molecular complexity index is 415. The Morgan fingerprint density at radius 1 is 1.40 bits per heavy atom. The molecular formula is C11H13NO3. The fraction of sp³-hybridized carbons (Fsp3) is 0.364. The monoisotopic (exact) mass is 207 g/mol. The summed E-state index contributed by atoms with van der Waals surface area (Å²) in [6.07, 6.45) is 1.26. The van der Waals surface area contributed by atoms with Crippen LogP contribution in [-0.4, -0.2) is 29.1 Å². The fourth-order valence-electron chi connectivity index (χ4n) is 1.99. The molecule has 80 valence electrons. The Morgan fingerprint density at radius 2 is 2.13 bits per heavy atom. The first-order valence-electron chi connectivity index (χ1n) is 4.90. The smallest absolute Gasteiger partial charge is 0.180 e. The molecule has 3 N–H and O–H groups in total. The van der Waals surface area contributed by atoms with Crippen molar-refractivity contribution in [2.24, 2.45) is 0 Å². The van der Waals surface area contributed by atoms with Gasteiger partial charge in [0.05, 0.1) is 6.04 Å². The molecule has 1 aromatic carbocycles. The van der Waals surface area contributed by atoms with Crippen LogP contribution in [0.5, 0.6) is 11.5 Å². The maximum atomic E-state index is 11.9. The SMILES string of the molecule is CNC1CCc2c(ccc(O)c2O)C1=O. The molecule has 0 fully saturated rings. The number of hydrogen-bond acceptors (Lipinski definition) is 4. The summed E-state index contributed by atoms with van der Waals surface area (Å²) < 4.78 is 0. The van der Waals surface area contributed by atoms with Gasteiger partial charge in [0.15, 0.2) is 17.3 Å². The molecule has 0 aliphatic heterocycles. The van der Waals surface area contributed by atoms with Crippen LogP contribution in [0.25, 0.3) is 0 Å². The van der Waals surface area contributed by atoms with Crippen LogP contribution in [-0.2, 0) is 6.42 Å². The third-order valence-electron chi connectivity index (χ3n) is 2.87. The van der Waals surface area contributed by atoms with Gasteiger partial charge in [-0.05, 0) is 32.0 Å². The highest BCUT2D eigenvalue weighted by Crippen LogP contribution is 2.35. The van der Waals surface area contributed by atoms with Gasteiger partial charge in [0.2, 0.25) is 0 Å². The second-order valence-electron chi connectivity index (χ2n) is 3.70. The zero-order chi connectivity index (χ0) is 11.0. The highest BCUT2D eigenvalue weighted by atomic mass is 16.3. The standard InChI is InChI=1S/C11H13NO3/c1-12-8-4-2-7-6(10(8)14)3-5-9(13)11(7)15/h3,5,8,12-13,15H,2,4H2,1H3. The molecule has 1 aliphatic carbocycles. The van der Waals surface area contributed by atoms with E-state index in [2.05, 4.69) is 5.32 Å². The number of phenols is 2. The van der Waals surface area contributed by atoms with Crippen LogP contribution in [0, 0.1) is 0 Å². The van der Waals surface area contributed by atoms with Gasteiger partial charge in [-0.2, -0.15) is 0 Å². The Morgan fingerprint density at radius 3 is 2.80 bits per heavy atom. The second-order valence-corrected chi connectivity index (χ2v) is 3.70. The van der Waals surface area contributed by atoms with Gasteiger partial charge in [-0.3, -0.25) is 4.79 Å². The number of aromatic hydroxyl groups is 2. The van der Waals surface area contributed by atoms with Gasteiger partial charge in [-0.15, -0.1) is 0 Å². The molecule has 0 saturated heterocycles. The molecule has 15 heavy (non-hydrogen) atoms. The summed E-state index contributed by atoms with van der Waals surface area (Å²) in [6.45, 7) is 0. The quantitative estimate of drug-likeness (QED) is 0.596. The Hall–Kier alpha value is -1.55. The summed E-state index contributed by atoms with van der Waals surface area (Å²) >= 11 is 0. The van der Waals surface area contributed by atoms with Crippen molar-refractivity contribution < 1.29 is 15.0 Å². The molecule has 4 heteroatoms. The molecule has 1 aromatic rings. The molecule has 0 spiro atoms. The number of rotatable bonds is 1. The first-order chi connectivity index (χ1) is 7.15. The first-order valence-corrected chi connectivity index (χ1v) is 4.90. The van der Waals surface area contributed by atoms with E-state index in [0.717, 1.165) is 0 Å². The van der Waals surface area contributed by atoms with Crippen molar-refractivity contribution >= 4 is 5.78 Å². The Kier molecular flexibility index (Phi) is 2.36. The van der Waals surface area contributed by atoms with E-state index in [0.29, 0.717) is 24.0 Å². The number of phenolic OH excluding ortho intramolecular Hbond substituents is 2. The van der Waals surface area contributed by atoms with Gasteiger partial charge in [0.1, 0.15) is 0 Å². The highest BCUT2D eigenvalue weighted by molar-refractivity contribution is 6.03. The topological polar surface area (TPSA) is 69.6 Å². The fourth-order valence-corrected chi connectivity index (χ4v) is 1.99. The van der Waals surface area contributed by atoms with Crippen LogP contribution in [0.3, 0.4) is 0 Å². The lowest BCUT2D eigenvalue weighted by molar-refractivity contribution is 0.0932. The summed E-state index contributed by atoms with van der Waals surface area (Å²) in [4.78, 5) is 11.9. The maximum Gasteiger partial charge on any atom is 0.180 e. The number of fused-ring (bicyclic) bond motifs is 1. The minimum atomic E-state index is -0.179. The van der Waals surface area contributed by atoms with E-state index < -0.39 is 0 Å². The molecular weight excluding hydrogens is 194 g/mol. The van der Waals surface area contributed by atoms with Gasteiger partial charge in [0, 0.05) is 11.1 Å². The predicted molar refractivity (Wildman–Crippen MR) is 55.3 cm³/mol. The van der Waals surface area contributed by atoms with Crippen molar-refractivity contribution in [3.05, 3.63) is 23.3 Å². The number of hydrogen-bond donors (Lipinski definition) is 3. The normalized spacial score (nSPS) is 20.1. The number of nitrogens with one attached hydrogen (secondary N) is 1. The first kappa shape index (κ1) is 9.98. The predicted octanol–water partition coefficient (Wildman–Crippen LogP) is 0.815. The Balaban J connectivity index is 2.50. The molecule has 0 radical (unpaired) electrons. The average Bonchev–Trinajstić information content (AvgIpc) is 2.24. The van der Waals surface area contributed by atoms with Crippen LogP contribution in [0.4, 0.5) is 0 Å². The molecule has 1 unspecified atom stereocenters. The highest BCUT2D eigenvalue weighted by Gasteiger charge is 2.28. The lowest BCUT2D eigenvalue weighted by atomic mass is 9.86. The van der Waals surface area contributed by atoms with E-state index >= 15 is 0 Å². The average molecular weight is 207 g/mol. The summed E-state index contributed by atoms with van der Waals surface area (Å²) in [5.74, 6) is -0.339. The molecule has 1 atom stereocenters. The summed E-state index contributed by atoms with van der Waals surface area (Å²) in [5.41, 5.74) is 1.07. The zero-order valence-electron chi connectivity index (χ0n) is 8.45. The molecule has 0 bridgehead atoms. The zero-order valence-corrected chi connectivity index (χ0v) is 8.45. The van der Waals surface area contributed by atoms with Crippen molar-refractivity contribution in [2.45, 2.75) is 18.9 Å². The maximum absolute atomic E-state index is 11.9. The van der Waals surface area contributed by atoms with Gasteiger partial charge < -0.3 is 15.5 Å². The number of likely N-dealkylation sites (N-methyl/N-ethyl adjacent to an activating group) is 1. The minimum Gasteiger partial charge on any atom is -0.504 e. The van der Waals surface area contributed by atoms with Crippen LogP contribution in [0.1, 0.15) is 22.3 Å². The van der Waals surface area contributed by atoms with Gasteiger partial charge in [-0.1, -0.05) is 0 Å². The lowest BCUT2D eigenvalue weighted by Gasteiger charge is -2.23. The molecule has 4 nitrogen and oxygen atoms in total. The third kappa shape index (κ3) is 1.47. The number of Topliss-reactive ketones (excluding diaryl/α,β-unsaturated/α-hetero) is 1. The number of carbonyl (C=O) groups excluding carboxylic acids is 1. The van der Waals surface area contributed by atoms with Crippen LogP contribution < -0.4 is 5.32 Å². The molecule has 0 aromatic heterocycles. The molecule has 0 saturated carbocycles. The van der Waals surface area contributed by atoms with E-state index in [1.807, 2.05) is 0 Å². The van der Waals surface area contributed by atoms with Gasteiger partial charge in [0.25, 0.3) is 0 Å². The molecule has 1 aliphatic rings. The van der Waals surface area contributed by atoms with Crippen molar-refractivity contribution in [2.75, 3.05) is 7.05 Å². The van der Waals surface area contributed by atoms with E-state index in [-0.39, 0.29) is 23.3 Å². The van der Waals surface area contributed by atoms with Crippen LogP contribution >= 0.6 is 0 Å². The van der Waals surface area contributed by atoms with Crippen LogP contribution in [0.2, 0.25) is 0 Å².